The van der Waals surface area contributed by atoms with E-state index in [1.165, 1.54) is 16.6 Å². The van der Waals surface area contributed by atoms with Crippen LogP contribution in [0.5, 0.6) is 0 Å². The van der Waals surface area contributed by atoms with E-state index in [4.69, 9.17) is 18.1 Å². The second-order valence-electron chi connectivity index (χ2n) is 3.38. The van der Waals surface area contributed by atoms with E-state index in [1.54, 1.807) is 0 Å². The van der Waals surface area contributed by atoms with Gasteiger partial charge in [0.25, 0.3) is 0 Å². The molecule has 0 fully saturated rings. The first-order valence-corrected chi connectivity index (χ1v) is 7.44. The molecule has 1 aromatic carbocycles. The predicted molar refractivity (Wildman–Crippen MR) is 70.8 cm³/mol. The number of nitrogens with two attached hydrogens (primary N) is 1. The summed E-state index contributed by atoms with van der Waals surface area (Å²) >= 11 is 5.22. The van der Waals surface area contributed by atoms with E-state index in [-0.39, 0.29) is 10.9 Å². The van der Waals surface area contributed by atoms with E-state index in [2.05, 4.69) is 16.0 Å². The van der Waals surface area contributed by atoms with Crippen LogP contribution in [0.15, 0.2) is 23.3 Å². The maximum atomic E-state index is 13.2. The number of nitrogens with one attached hydrogen (secondary N) is 2. The van der Waals surface area contributed by atoms with Crippen molar-refractivity contribution in [2.45, 2.75) is 11.7 Å². The topological polar surface area (TPSA) is 62.4 Å². The number of benzene rings is 1. The molecule has 0 bridgehead atoms. The Morgan fingerprint density at radius 1 is 1.53 bits per heavy atom. The first-order valence-electron chi connectivity index (χ1n) is 4.96. The summed E-state index contributed by atoms with van der Waals surface area (Å²) in [6, 6.07) is 4.84. The maximum absolute atomic E-state index is 13.2. The molecule has 1 heterocycles. The van der Waals surface area contributed by atoms with Crippen LogP contribution in [0.4, 0.5) is 4.39 Å². The standard InChI is InChI=1S/C10H11FN4SSe/c11-6-1-2-9-7(5-6)8(3-4-17-9)14-15-10(16)13-12/h1-2,5H,3-4,12H2,(H2,13,15,16)/b14-8+. The van der Waals surface area contributed by atoms with Crippen molar-refractivity contribution in [3.63, 3.8) is 0 Å². The van der Waals surface area contributed by atoms with Crippen LogP contribution in [-0.2, 0) is 0 Å². The van der Waals surface area contributed by atoms with Gasteiger partial charge >= 0.3 is 110 Å². The van der Waals surface area contributed by atoms with Gasteiger partial charge in [0.15, 0.2) is 0 Å². The molecule has 17 heavy (non-hydrogen) atoms. The molecule has 0 saturated heterocycles. The van der Waals surface area contributed by atoms with Gasteiger partial charge in [-0.05, 0) is 0 Å². The number of hydrogen-bond acceptors (Lipinski definition) is 3. The average Bonchev–Trinajstić information content (AvgIpc) is 2.35. The number of hydrazine groups is 1. The summed E-state index contributed by atoms with van der Waals surface area (Å²) in [5, 5.41) is 5.47. The summed E-state index contributed by atoms with van der Waals surface area (Å²) in [4.78, 5) is 0. The van der Waals surface area contributed by atoms with E-state index in [9.17, 15) is 4.39 Å². The fraction of sp³-hybridized carbons (Fsp3) is 0.200. The SMILES string of the molecule is NNC(=S)N/N=C1\CC[Se]c2ccc(F)cc21. The van der Waals surface area contributed by atoms with Gasteiger partial charge in [-0.15, -0.1) is 0 Å². The van der Waals surface area contributed by atoms with E-state index in [0.717, 1.165) is 23.0 Å². The van der Waals surface area contributed by atoms with Crippen molar-refractivity contribution >= 4 is 42.5 Å². The van der Waals surface area contributed by atoms with Gasteiger partial charge in [-0.25, -0.2) is 0 Å². The molecule has 90 valence electrons. The molecule has 4 N–H and O–H groups in total. The number of hydrazone groups is 1. The molecule has 7 heteroatoms. The van der Waals surface area contributed by atoms with Gasteiger partial charge < -0.3 is 0 Å². The molecule has 2 rings (SSSR count). The normalized spacial score (nSPS) is 16.5. The van der Waals surface area contributed by atoms with Crippen molar-refractivity contribution in [2.24, 2.45) is 10.9 Å². The van der Waals surface area contributed by atoms with Crippen LogP contribution in [0.3, 0.4) is 0 Å². The molecule has 0 amide bonds. The zero-order valence-electron chi connectivity index (χ0n) is 8.87. The number of halogens is 1. The van der Waals surface area contributed by atoms with Gasteiger partial charge in [-0.1, -0.05) is 0 Å². The van der Waals surface area contributed by atoms with Gasteiger partial charge in [0.2, 0.25) is 0 Å². The number of rotatable bonds is 1. The van der Waals surface area contributed by atoms with Gasteiger partial charge in [-0.2, -0.15) is 0 Å². The Morgan fingerprint density at radius 3 is 3.12 bits per heavy atom. The van der Waals surface area contributed by atoms with Crippen molar-refractivity contribution in [3.05, 3.63) is 29.6 Å². The van der Waals surface area contributed by atoms with Crippen molar-refractivity contribution in [2.75, 3.05) is 0 Å². The number of hydrogen-bond donors (Lipinski definition) is 3. The summed E-state index contributed by atoms with van der Waals surface area (Å²) in [7, 11) is 0. The van der Waals surface area contributed by atoms with Crippen molar-refractivity contribution in [1.29, 1.82) is 0 Å². The average molecular weight is 317 g/mol. The molecule has 1 aromatic rings. The van der Waals surface area contributed by atoms with Crippen LogP contribution in [0, 0.1) is 5.82 Å². The first-order chi connectivity index (χ1) is 8.20. The molecule has 0 atom stereocenters. The molecule has 0 saturated carbocycles. The van der Waals surface area contributed by atoms with Crippen LogP contribution in [0.2, 0.25) is 5.32 Å². The molecule has 1 aliphatic rings. The Hall–Kier alpha value is -1.01. The van der Waals surface area contributed by atoms with E-state index < -0.39 is 0 Å². The van der Waals surface area contributed by atoms with Crippen molar-refractivity contribution < 1.29 is 4.39 Å². The number of nitrogens with zero attached hydrogens (tertiary/aromatic N) is 1. The Kier molecular flexibility index (Phi) is 4.06. The van der Waals surface area contributed by atoms with Crippen LogP contribution >= 0.6 is 12.2 Å². The molecule has 0 aliphatic carbocycles. The van der Waals surface area contributed by atoms with Crippen LogP contribution in [-0.4, -0.2) is 25.8 Å². The van der Waals surface area contributed by atoms with Gasteiger partial charge in [0.05, 0.1) is 0 Å². The summed E-state index contributed by atoms with van der Waals surface area (Å²) < 4.78 is 14.4. The minimum absolute atomic E-state index is 0.242. The van der Waals surface area contributed by atoms with Gasteiger partial charge in [-0.3, -0.25) is 0 Å². The zero-order valence-corrected chi connectivity index (χ0v) is 11.4. The minimum atomic E-state index is -0.242. The first kappa shape index (κ1) is 12.4. The fourth-order valence-corrected chi connectivity index (χ4v) is 3.68. The van der Waals surface area contributed by atoms with Crippen LogP contribution in [0.25, 0.3) is 0 Å². The Balaban J connectivity index is 2.27. The van der Waals surface area contributed by atoms with E-state index >= 15 is 0 Å². The molecule has 0 unspecified atom stereocenters. The molecule has 0 aromatic heterocycles. The second kappa shape index (κ2) is 5.55. The third-order valence-corrected chi connectivity index (χ3v) is 4.74. The monoisotopic (exact) mass is 318 g/mol. The van der Waals surface area contributed by atoms with E-state index in [0.29, 0.717) is 15.0 Å². The summed E-state index contributed by atoms with van der Waals surface area (Å²) in [6.45, 7) is 0. The summed E-state index contributed by atoms with van der Waals surface area (Å²) in [5.74, 6) is 4.88. The Bertz CT molecular complexity index is 477. The van der Waals surface area contributed by atoms with Crippen LogP contribution in [0.1, 0.15) is 12.0 Å². The van der Waals surface area contributed by atoms with Crippen LogP contribution < -0.4 is 21.2 Å². The third-order valence-electron chi connectivity index (χ3n) is 2.27. The quantitative estimate of drug-likeness (QED) is 0.296. The van der Waals surface area contributed by atoms with Gasteiger partial charge in [0.1, 0.15) is 0 Å². The molecule has 0 radical (unpaired) electrons. The Labute approximate surface area is 110 Å². The molecule has 0 spiro atoms. The van der Waals surface area contributed by atoms with E-state index in [1.807, 2.05) is 6.07 Å². The number of fused-ring (bicyclic) bond motifs is 1. The Morgan fingerprint density at radius 2 is 2.35 bits per heavy atom. The third kappa shape index (κ3) is 3.01. The predicted octanol–water partition coefficient (Wildman–Crippen LogP) is 0.0191. The molecular formula is C10H11FN4SSe. The number of thiocarbonyl (C=S) groups is 1. The second-order valence-corrected chi connectivity index (χ2v) is 6.18. The molecule has 4 nitrogen and oxygen atoms in total. The summed E-state index contributed by atoms with van der Waals surface area (Å²) in [5.41, 5.74) is 6.62. The van der Waals surface area contributed by atoms with Gasteiger partial charge in [0, 0.05) is 0 Å². The molecule has 1 aliphatic heterocycles. The fourth-order valence-electron chi connectivity index (χ4n) is 1.51. The zero-order chi connectivity index (χ0) is 12.3. The van der Waals surface area contributed by atoms with Crippen molar-refractivity contribution in [3.8, 4) is 0 Å². The van der Waals surface area contributed by atoms with Crippen molar-refractivity contribution in [1.82, 2.24) is 10.9 Å². The molecular weight excluding hydrogens is 306 g/mol. The summed E-state index contributed by atoms with van der Waals surface area (Å²) in [6.07, 6.45) is 0.830.